The van der Waals surface area contributed by atoms with Crippen LogP contribution in [0.25, 0.3) is 0 Å². The topological polar surface area (TPSA) is 37.8 Å². The van der Waals surface area contributed by atoms with Crippen LogP contribution in [0.1, 0.15) is 24.1 Å². The Balaban J connectivity index is 2.08. The average Bonchev–Trinajstić information content (AvgIpc) is 2.33. The lowest BCUT2D eigenvalue weighted by molar-refractivity contribution is 0.858. The third-order valence-electron chi connectivity index (χ3n) is 2.50. The predicted molar refractivity (Wildman–Crippen MR) is 72.9 cm³/mol. The molecule has 1 aromatic carbocycles. The van der Waals surface area contributed by atoms with E-state index in [1.807, 2.05) is 31.5 Å². The Bertz CT molecular complexity index is 479. The Labute approximate surface area is 109 Å². The second-order valence-electron chi connectivity index (χ2n) is 4.00. The van der Waals surface area contributed by atoms with E-state index in [1.165, 1.54) is 5.56 Å². The molecule has 3 nitrogen and oxygen atoms in total. The molecule has 0 aliphatic rings. The van der Waals surface area contributed by atoms with Crippen LogP contribution in [0.5, 0.6) is 0 Å². The van der Waals surface area contributed by atoms with E-state index in [4.69, 9.17) is 0 Å². The summed E-state index contributed by atoms with van der Waals surface area (Å²) in [5.41, 5.74) is 2.27. The van der Waals surface area contributed by atoms with Gasteiger partial charge < -0.3 is 5.32 Å². The van der Waals surface area contributed by atoms with E-state index in [1.54, 1.807) is 0 Å². The average molecular weight is 292 g/mol. The smallest absolute Gasteiger partial charge is 0.223 e. The van der Waals surface area contributed by atoms with Gasteiger partial charge in [-0.15, -0.1) is 0 Å². The van der Waals surface area contributed by atoms with E-state index in [0.29, 0.717) is 5.95 Å². The molecule has 0 aliphatic carbocycles. The van der Waals surface area contributed by atoms with E-state index >= 15 is 0 Å². The number of halogens is 1. The van der Waals surface area contributed by atoms with Crippen LogP contribution < -0.4 is 5.32 Å². The molecule has 0 amide bonds. The molecule has 1 unspecified atom stereocenters. The van der Waals surface area contributed by atoms with Gasteiger partial charge in [0.1, 0.15) is 0 Å². The number of nitrogens with zero attached hydrogens (tertiary/aromatic N) is 2. The van der Waals surface area contributed by atoms with Crippen LogP contribution in [0.2, 0.25) is 0 Å². The predicted octanol–water partition coefficient (Wildman–Crippen LogP) is 3.72. The highest BCUT2D eigenvalue weighted by Crippen LogP contribution is 2.19. The number of aromatic nitrogens is 2. The third kappa shape index (κ3) is 3.27. The summed E-state index contributed by atoms with van der Waals surface area (Å²) in [6.07, 6.45) is 3.62. The molecular weight excluding hydrogens is 278 g/mol. The van der Waals surface area contributed by atoms with E-state index < -0.39 is 0 Å². The molecule has 88 valence electrons. The van der Waals surface area contributed by atoms with E-state index in [2.05, 4.69) is 50.3 Å². The van der Waals surface area contributed by atoms with Crippen molar-refractivity contribution in [3.63, 3.8) is 0 Å². The van der Waals surface area contributed by atoms with Crippen LogP contribution in [0.3, 0.4) is 0 Å². The van der Waals surface area contributed by atoms with Crippen molar-refractivity contribution < 1.29 is 0 Å². The van der Waals surface area contributed by atoms with Crippen LogP contribution in [-0.4, -0.2) is 9.97 Å². The summed E-state index contributed by atoms with van der Waals surface area (Å²) >= 11 is 3.42. The van der Waals surface area contributed by atoms with Gasteiger partial charge in [-0.3, -0.25) is 0 Å². The van der Waals surface area contributed by atoms with E-state index in [0.717, 1.165) is 10.0 Å². The first kappa shape index (κ1) is 12.0. The van der Waals surface area contributed by atoms with Crippen LogP contribution in [0, 0.1) is 6.92 Å². The zero-order valence-electron chi connectivity index (χ0n) is 9.81. The normalized spacial score (nSPS) is 12.2. The summed E-state index contributed by atoms with van der Waals surface area (Å²) in [6, 6.07) is 8.41. The minimum absolute atomic E-state index is 0.186. The van der Waals surface area contributed by atoms with Gasteiger partial charge in [0, 0.05) is 16.9 Å². The highest BCUT2D eigenvalue weighted by Gasteiger charge is 2.06. The van der Waals surface area contributed by atoms with Gasteiger partial charge in [0.15, 0.2) is 0 Å². The molecule has 1 aromatic heterocycles. The summed E-state index contributed by atoms with van der Waals surface area (Å²) in [6.45, 7) is 4.06. The standard InChI is InChI=1S/C13H14BrN3/c1-9-7-15-13(16-8-9)17-10(2)11-3-5-12(14)6-4-11/h3-8,10H,1-2H3,(H,15,16,17). The lowest BCUT2D eigenvalue weighted by Crippen LogP contribution is -2.09. The van der Waals surface area contributed by atoms with E-state index in [-0.39, 0.29) is 6.04 Å². The maximum absolute atomic E-state index is 4.23. The van der Waals surface area contributed by atoms with Gasteiger partial charge in [0.2, 0.25) is 5.95 Å². The fourth-order valence-electron chi connectivity index (χ4n) is 1.50. The van der Waals surface area contributed by atoms with Crippen molar-refractivity contribution in [2.45, 2.75) is 19.9 Å². The molecule has 0 radical (unpaired) electrons. The number of anilines is 1. The summed E-state index contributed by atoms with van der Waals surface area (Å²) in [4.78, 5) is 8.46. The number of hydrogen-bond donors (Lipinski definition) is 1. The molecule has 0 saturated carbocycles. The molecular formula is C13H14BrN3. The van der Waals surface area contributed by atoms with Gasteiger partial charge in [-0.25, -0.2) is 9.97 Å². The van der Waals surface area contributed by atoms with Gasteiger partial charge >= 0.3 is 0 Å². The molecule has 4 heteroatoms. The molecule has 2 aromatic rings. The van der Waals surface area contributed by atoms with Crippen molar-refractivity contribution in [1.82, 2.24) is 9.97 Å². The molecule has 1 atom stereocenters. The number of hydrogen-bond acceptors (Lipinski definition) is 3. The largest absolute Gasteiger partial charge is 0.348 e. The van der Waals surface area contributed by atoms with Crippen LogP contribution in [-0.2, 0) is 0 Å². The molecule has 0 spiro atoms. The summed E-state index contributed by atoms with van der Waals surface area (Å²) in [7, 11) is 0. The molecule has 0 saturated heterocycles. The number of aryl methyl sites for hydroxylation is 1. The van der Waals surface area contributed by atoms with Crippen molar-refractivity contribution in [1.29, 1.82) is 0 Å². The van der Waals surface area contributed by atoms with Crippen molar-refractivity contribution in [3.8, 4) is 0 Å². The maximum Gasteiger partial charge on any atom is 0.223 e. The Kier molecular flexibility index (Phi) is 3.74. The Morgan fingerprint density at radius 2 is 1.71 bits per heavy atom. The second kappa shape index (κ2) is 5.27. The lowest BCUT2D eigenvalue weighted by atomic mass is 10.1. The van der Waals surface area contributed by atoms with Crippen LogP contribution in [0.15, 0.2) is 41.1 Å². The van der Waals surface area contributed by atoms with E-state index in [9.17, 15) is 0 Å². The summed E-state index contributed by atoms with van der Waals surface area (Å²) < 4.78 is 1.08. The molecule has 2 rings (SSSR count). The fourth-order valence-corrected chi connectivity index (χ4v) is 1.76. The van der Waals surface area contributed by atoms with Gasteiger partial charge in [0.25, 0.3) is 0 Å². The zero-order valence-corrected chi connectivity index (χ0v) is 11.4. The first-order chi connectivity index (χ1) is 8.15. The Morgan fingerprint density at radius 3 is 2.29 bits per heavy atom. The lowest BCUT2D eigenvalue weighted by Gasteiger charge is -2.14. The molecule has 1 heterocycles. The summed E-state index contributed by atoms with van der Waals surface area (Å²) in [5.74, 6) is 0.658. The van der Waals surface area contributed by atoms with Crippen molar-refractivity contribution in [2.75, 3.05) is 5.32 Å². The van der Waals surface area contributed by atoms with Gasteiger partial charge in [0.05, 0.1) is 6.04 Å². The molecule has 17 heavy (non-hydrogen) atoms. The second-order valence-corrected chi connectivity index (χ2v) is 4.92. The molecule has 0 aliphatic heterocycles. The number of benzene rings is 1. The van der Waals surface area contributed by atoms with Gasteiger partial charge in [-0.1, -0.05) is 28.1 Å². The van der Waals surface area contributed by atoms with Crippen LogP contribution >= 0.6 is 15.9 Å². The molecule has 1 N–H and O–H groups in total. The van der Waals surface area contributed by atoms with Gasteiger partial charge in [-0.2, -0.15) is 0 Å². The third-order valence-corrected chi connectivity index (χ3v) is 3.03. The fraction of sp³-hybridized carbons (Fsp3) is 0.231. The first-order valence-corrected chi connectivity index (χ1v) is 6.25. The summed E-state index contributed by atoms with van der Waals surface area (Å²) in [5, 5.41) is 3.27. The quantitative estimate of drug-likeness (QED) is 0.937. The highest BCUT2D eigenvalue weighted by atomic mass is 79.9. The maximum atomic E-state index is 4.23. The van der Waals surface area contributed by atoms with Gasteiger partial charge in [-0.05, 0) is 37.1 Å². The van der Waals surface area contributed by atoms with Crippen molar-refractivity contribution in [3.05, 3.63) is 52.3 Å². The van der Waals surface area contributed by atoms with Crippen molar-refractivity contribution >= 4 is 21.9 Å². The monoisotopic (exact) mass is 291 g/mol. The number of rotatable bonds is 3. The minimum Gasteiger partial charge on any atom is -0.348 e. The van der Waals surface area contributed by atoms with Crippen LogP contribution in [0.4, 0.5) is 5.95 Å². The molecule has 0 bridgehead atoms. The molecule has 0 fully saturated rings. The Hall–Kier alpha value is -1.42. The zero-order chi connectivity index (χ0) is 12.3. The van der Waals surface area contributed by atoms with Crippen molar-refractivity contribution in [2.24, 2.45) is 0 Å². The SMILES string of the molecule is Cc1cnc(NC(C)c2ccc(Br)cc2)nc1. The Morgan fingerprint density at radius 1 is 1.12 bits per heavy atom. The highest BCUT2D eigenvalue weighted by molar-refractivity contribution is 9.10. The first-order valence-electron chi connectivity index (χ1n) is 5.46. The number of nitrogens with one attached hydrogen (secondary N) is 1. The minimum atomic E-state index is 0.186.